The second-order valence-corrected chi connectivity index (χ2v) is 6.01. The van der Waals surface area contributed by atoms with Crippen LogP contribution < -0.4 is 5.73 Å². The molecule has 2 N–H and O–H groups in total. The predicted octanol–water partition coefficient (Wildman–Crippen LogP) is 1.86. The molecule has 0 amide bonds. The van der Waals surface area contributed by atoms with Gasteiger partial charge in [-0.2, -0.15) is 0 Å². The van der Waals surface area contributed by atoms with Gasteiger partial charge in [0.2, 0.25) is 0 Å². The van der Waals surface area contributed by atoms with Crippen LogP contribution in [0.1, 0.15) is 39.5 Å². The SMILES string of the molecule is CN(C)C(CCC(C)(C)N)C1CCOCC1. The van der Waals surface area contributed by atoms with Crippen molar-refractivity contribution >= 4 is 0 Å². The molecule has 1 fully saturated rings. The highest BCUT2D eigenvalue weighted by Gasteiger charge is 2.26. The predicted molar refractivity (Wildman–Crippen MR) is 68.5 cm³/mol. The third kappa shape index (κ3) is 4.81. The Bertz CT molecular complexity index is 193. The largest absolute Gasteiger partial charge is 0.381 e. The zero-order valence-electron chi connectivity index (χ0n) is 11.3. The number of hydrogen-bond donors (Lipinski definition) is 1. The molecule has 0 aliphatic carbocycles. The van der Waals surface area contributed by atoms with Crippen molar-refractivity contribution in [2.45, 2.75) is 51.1 Å². The Morgan fingerprint density at radius 1 is 1.31 bits per heavy atom. The van der Waals surface area contributed by atoms with Gasteiger partial charge in [-0.25, -0.2) is 0 Å². The number of hydrogen-bond acceptors (Lipinski definition) is 3. The molecule has 16 heavy (non-hydrogen) atoms. The van der Waals surface area contributed by atoms with Gasteiger partial charge in [0.25, 0.3) is 0 Å². The summed E-state index contributed by atoms with van der Waals surface area (Å²) in [4.78, 5) is 2.36. The summed E-state index contributed by atoms with van der Waals surface area (Å²) in [6.45, 7) is 6.09. The van der Waals surface area contributed by atoms with E-state index in [9.17, 15) is 0 Å². The smallest absolute Gasteiger partial charge is 0.0469 e. The van der Waals surface area contributed by atoms with Gasteiger partial charge in [-0.3, -0.25) is 0 Å². The van der Waals surface area contributed by atoms with E-state index in [-0.39, 0.29) is 5.54 Å². The highest BCUT2D eigenvalue weighted by molar-refractivity contribution is 4.82. The summed E-state index contributed by atoms with van der Waals surface area (Å²) >= 11 is 0. The minimum absolute atomic E-state index is 0.0422. The summed E-state index contributed by atoms with van der Waals surface area (Å²) in [5, 5.41) is 0. The number of ether oxygens (including phenoxy) is 1. The molecule has 1 atom stereocenters. The van der Waals surface area contributed by atoms with Gasteiger partial charge in [0.15, 0.2) is 0 Å². The molecule has 0 saturated carbocycles. The molecular formula is C13H28N2O. The number of rotatable bonds is 5. The lowest BCUT2D eigenvalue weighted by Gasteiger charge is -2.36. The molecule has 1 aliphatic heterocycles. The molecule has 1 rings (SSSR count). The van der Waals surface area contributed by atoms with Gasteiger partial charge in [-0.1, -0.05) is 0 Å². The minimum atomic E-state index is -0.0422. The monoisotopic (exact) mass is 228 g/mol. The average Bonchev–Trinajstić information content (AvgIpc) is 2.17. The fourth-order valence-corrected chi connectivity index (χ4v) is 2.54. The van der Waals surface area contributed by atoms with Gasteiger partial charge in [0, 0.05) is 24.8 Å². The Morgan fingerprint density at radius 3 is 2.31 bits per heavy atom. The van der Waals surface area contributed by atoms with Crippen LogP contribution in [0.2, 0.25) is 0 Å². The van der Waals surface area contributed by atoms with Gasteiger partial charge < -0.3 is 15.4 Å². The number of nitrogens with two attached hydrogens (primary N) is 1. The van der Waals surface area contributed by atoms with E-state index in [4.69, 9.17) is 10.5 Å². The van der Waals surface area contributed by atoms with Crippen molar-refractivity contribution in [3.63, 3.8) is 0 Å². The Kier molecular flexibility index (Phi) is 5.22. The van der Waals surface area contributed by atoms with E-state index in [1.165, 1.54) is 19.3 Å². The van der Waals surface area contributed by atoms with Gasteiger partial charge in [0.05, 0.1) is 0 Å². The van der Waals surface area contributed by atoms with E-state index in [1.807, 2.05) is 0 Å². The highest BCUT2D eigenvalue weighted by Crippen LogP contribution is 2.26. The van der Waals surface area contributed by atoms with E-state index in [0.29, 0.717) is 6.04 Å². The Hall–Kier alpha value is -0.120. The lowest BCUT2D eigenvalue weighted by atomic mass is 9.85. The Balaban J connectivity index is 2.46. The fourth-order valence-electron chi connectivity index (χ4n) is 2.54. The quantitative estimate of drug-likeness (QED) is 0.780. The standard InChI is InChI=1S/C13H28N2O/c1-13(2,14)8-5-12(15(3)4)11-6-9-16-10-7-11/h11-12H,5-10,14H2,1-4H3. The zero-order valence-corrected chi connectivity index (χ0v) is 11.3. The van der Waals surface area contributed by atoms with Crippen molar-refractivity contribution < 1.29 is 4.74 Å². The van der Waals surface area contributed by atoms with Crippen LogP contribution in [-0.2, 0) is 4.74 Å². The maximum atomic E-state index is 6.07. The van der Waals surface area contributed by atoms with Crippen LogP contribution in [-0.4, -0.2) is 43.8 Å². The first-order valence-corrected chi connectivity index (χ1v) is 6.43. The molecule has 0 radical (unpaired) electrons. The maximum Gasteiger partial charge on any atom is 0.0469 e. The third-order valence-corrected chi connectivity index (χ3v) is 3.56. The fraction of sp³-hybridized carbons (Fsp3) is 1.00. The van der Waals surface area contributed by atoms with Gasteiger partial charge in [-0.05, 0) is 59.5 Å². The van der Waals surface area contributed by atoms with Crippen molar-refractivity contribution in [1.82, 2.24) is 4.90 Å². The molecular weight excluding hydrogens is 200 g/mol. The van der Waals surface area contributed by atoms with Crippen molar-refractivity contribution in [3.05, 3.63) is 0 Å². The van der Waals surface area contributed by atoms with Crippen LogP contribution in [0, 0.1) is 5.92 Å². The van der Waals surface area contributed by atoms with Crippen LogP contribution in [0.15, 0.2) is 0 Å². The normalized spacial score (nSPS) is 21.4. The molecule has 1 saturated heterocycles. The van der Waals surface area contributed by atoms with Crippen LogP contribution in [0.4, 0.5) is 0 Å². The molecule has 0 bridgehead atoms. The molecule has 3 nitrogen and oxygen atoms in total. The van der Waals surface area contributed by atoms with Crippen molar-refractivity contribution in [1.29, 1.82) is 0 Å². The van der Waals surface area contributed by atoms with Crippen molar-refractivity contribution in [2.24, 2.45) is 11.7 Å². The molecule has 1 unspecified atom stereocenters. The topological polar surface area (TPSA) is 38.5 Å². The van der Waals surface area contributed by atoms with E-state index in [1.54, 1.807) is 0 Å². The van der Waals surface area contributed by atoms with Crippen LogP contribution in [0.5, 0.6) is 0 Å². The zero-order chi connectivity index (χ0) is 12.2. The van der Waals surface area contributed by atoms with Crippen molar-refractivity contribution in [2.75, 3.05) is 27.3 Å². The van der Waals surface area contributed by atoms with Gasteiger partial charge >= 0.3 is 0 Å². The molecule has 0 aromatic rings. The summed E-state index contributed by atoms with van der Waals surface area (Å²) in [5.74, 6) is 0.783. The summed E-state index contributed by atoms with van der Waals surface area (Å²) in [7, 11) is 4.37. The van der Waals surface area contributed by atoms with E-state index >= 15 is 0 Å². The third-order valence-electron chi connectivity index (χ3n) is 3.56. The molecule has 3 heteroatoms. The van der Waals surface area contributed by atoms with Crippen LogP contribution in [0.3, 0.4) is 0 Å². The van der Waals surface area contributed by atoms with Gasteiger partial charge in [0.1, 0.15) is 0 Å². The second kappa shape index (κ2) is 5.99. The minimum Gasteiger partial charge on any atom is -0.381 e. The summed E-state index contributed by atoms with van der Waals surface area (Å²) < 4.78 is 5.43. The Morgan fingerprint density at radius 2 is 1.88 bits per heavy atom. The lowest BCUT2D eigenvalue weighted by Crippen LogP contribution is -2.41. The first-order valence-electron chi connectivity index (χ1n) is 6.43. The molecule has 1 aliphatic rings. The summed E-state index contributed by atoms with van der Waals surface area (Å²) in [6.07, 6.45) is 4.69. The van der Waals surface area contributed by atoms with E-state index in [0.717, 1.165) is 25.6 Å². The molecule has 0 spiro atoms. The first-order chi connectivity index (χ1) is 7.40. The van der Waals surface area contributed by atoms with Crippen LogP contribution in [0.25, 0.3) is 0 Å². The second-order valence-electron chi connectivity index (χ2n) is 6.01. The molecule has 0 aromatic carbocycles. The maximum absolute atomic E-state index is 6.07. The lowest BCUT2D eigenvalue weighted by molar-refractivity contribution is 0.0332. The van der Waals surface area contributed by atoms with E-state index < -0.39 is 0 Å². The first kappa shape index (κ1) is 13.9. The van der Waals surface area contributed by atoms with Crippen molar-refractivity contribution in [3.8, 4) is 0 Å². The van der Waals surface area contributed by atoms with Gasteiger partial charge in [-0.15, -0.1) is 0 Å². The average molecular weight is 228 g/mol. The molecule has 96 valence electrons. The van der Waals surface area contributed by atoms with Crippen LogP contribution >= 0.6 is 0 Å². The summed E-state index contributed by atoms with van der Waals surface area (Å²) in [6, 6.07) is 0.659. The number of nitrogens with zero attached hydrogens (tertiary/aromatic N) is 1. The Labute approximate surface area is 100 Å². The summed E-state index contributed by atoms with van der Waals surface area (Å²) in [5.41, 5.74) is 6.03. The van der Waals surface area contributed by atoms with E-state index in [2.05, 4.69) is 32.8 Å². The molecule has 0 aromatic heterocycles. The highest BCUT2D eigenvalue weighted by atomic mass is 16.5. The molecule has 1 heterocycles.